The summed E-state index contributed by atoms with van der Waals surface area (Å²) in [6.07, 6.45) is 13.3. The first-order chi connectivity index (χ1) is 18.3. The normalized spacial score (nSPS) is 15.5. The van der Waals surface area contributed by atoms with Gasteiger partial charge in [0.25, 0.3) is 0 Å². The average molecular weight is 514 g/mol. The Morgan fingerprint density at radius 2 is 1.79 bits per heavy atom. The van der Waals surface area contributed by atoms with E-state index >= 15 is 0 Å². The molecular weight excluding hydrogens is 488 g/mol. The van der Waals surface area contributed by atoms with Crippen molar-refractivity contribution < 1.29 is 8.78 Å². The van der Waals surface area contributed by atoms with Gasteiger partial charge in [0.2, 0.25) is 0 Å². The summed E-state index contributed by atoms with van der Waals surface area (Å²) < 4.78 is 31.3. The second-order valence-electron chi connectivity index (χ2n) is 9.59. The van der Waals surface area contributed by atoms with Crippen LogP contribution in [-0.4, -0.2) is 47.4 Å². The predicted octanol–water partition coefficient (Wildman–Crippen LogP) is 3.71. The molecule has 5 aromatic rings. The Balaban J connectivity index is 1.22. The van der Waals surface area contributed by atoms with Gasteiger partial charge in [-0.25, -0.2) is 28.2 Å². The largest absolute Gasteiger partial charge is 0.351 e. The fourth-order valence-corrected chi connectivity index (χ4v) is 4.78. The molecule has 6 rings (SSSR count). The van der Waals surface area contributed by atoms with Crippen LogP contribution in [0.2, 0.25) is 0 Å². The van der Waals surface area contributed by atoms with Crippen molar-refractivity contribution in [2.24, 2.45) is 12.8 Å². The Morgan fingerprint density at radius 3 is 2.47 bits per heavy atom. The third-order valence-corrected chi connectivity index (χ3v) is 6.96. The van der Waals surface area contributed by atoms with Crippen molar-refractivity contribution in [2.75, 3.05) is 18.0 Å². The zero-order chi connectivity index (χ0) is 26.4. The number of benzene rings is 1. The second kappa shape index (κ2) is 9.10. The van der Waals surface area contributed by atoms with Crippen LogP contribution in [0.5, 0.6) is 0 Å². The van der Waals surface area contributed by atoms with Gasteiger partial charge in [-0.2, -0.15) is 10.2 Å². The molecule has 0 amide bonds. The summed E-state index contributed by atoms with van der Waals surface area (Å²) in [5, 5.41) is 8.63. The summed E-state index contributed by atoms with van der Waals surface area (Å²) in [7, 11) is 1.89. The molecule has 0 bridgehead atoms. The van der Waals surface area contributed by atoms with Crippen LogP contribution in [0.1, 0.15) is 30.3 Å². The molecule has 11 heteroatoms. The molecular formula is C27H25F2N9. The average Bonchev–Trinajstić information content (AvgIpc) is 3.55. The van der Waals surface area contributed by atoms with Gasteiger partial charge < -0.3 is 10.6 Å². The van der Waals surface area contributed by atoms with E-state index in [9.17, 15) is 8.78 Å². The first-order valence-electron chi connectivity index (χ1n) is 12.1. The van der Waals surface area contributed by atoms with E-state index in [1.54, 1.807) is 30.3 Å². The van der Waals surface area contributed by atoms with Gasteiger partial charge in [-0.3, -0.25) is 4.68 Å². The molecule has 0 radical (unpaired) electrons. The Kier molecular flexibility index (Phi) is 5.72. The number of nitrogens with zero attached hydrogens (tertiary/aromatic N) is 8. The van der Waals surface area contributed by atoms with E-state index in [0.717, 1.165) is 47.1 Å². The summed E-state index contributed by atoms with van der Waals surface area (Å²) in [6, 6.07) is 5.44. The first kappa shape index (κ1) is 23.9. The topological polar surface area (TPSA) is 103 Å². The molecule has 192 valence electrons. The lowest BCUT2D eigenvalue weighted by molar-refractivity contribution is 0.515. The molecule has 9 nitrogen and oxygen atoms in total. The molecule has 1 atom stereocenters. The highest BCUT2D eigenvalue weighted by Crippen LogP contribution is 2.31. The van der Waals surface area contributed by atoms with Gasteiger partial charge in [0.15, 0.2) is 11.6 Å². The Morgan fingerprint density at radius 1 is 0.974 bits per heavy atom. The fourth-order valence-electron chi connectivity index (χ4n) is 4.78. The maximum atomic E-state index is 14.4. The Hall–Kier alpha value is -4.51. The van der Waals surface area contributed by atoms with E-state index in [0.29, 0.717) is 17.9 Å². The van der Waals surface area contributed by atoms with Gasteiger partial charge in [-0.15, -0.1) is 0 Å². The summed E-state index contributed by atoms with van der Waals surface area (Å²) in [4.78, 5) is 15.8. The number of fused-ring (bicyclic) bond motifs is 1. The quantitative estimate of drug-likeness (QED) is 0.382. The number of hydrogen-bond donors (Lipinski definition) is 1. The van der Waals surface area contributed by atoms with Crippen molar-refractivity contribution >= 4 is 16.9 Å². The van der Waals surface area contributed by atoms with E-state index in [2.05, 4.69) is 42.2 Å². The van der Waals surface area contributed by atoms with Crippen molar-refractivity contribution in [3.05, 3.63) is 96.2 Å². The van der Waals surface area contributed by atoms with E-state index < -0.39 is 17.2 Å². The van der Waals surface area contributed by atoms with Crippen LogP contribution in [0.3, 0.4) is 0 Å². The minimum atomic E-state index is -1.21. The standard InChI is InChI=1S/C27H25F2N9/c1-27(30,22-4-3-21(28)10-23(22)29)20-12-31-25(32-13-20)17-5-7-37(8-6-17)26-24-9-18(15-38(24)35-16-33-26)19-11-34-36(2)14-19/h3-5,9-16H,6-8,30H2,1-2H3. The molecule has 38 heavy (non-hydrogen) atoms. The molecule has 0 saturated carbocycles. The summed E-state index contributed by atoms with van der Waals surface area (Å²) >= 11 is 0. The van der Waals surface area contributed by atoms with Crippen molar-refractivity contribution in [1.29, 1.82) is 0 Å². The first-order valence-corrected chi connectivity index (χ1v) is 12.1. The fraction of sp³-hybridized carbons (Fsp3) is 0.222. The zero-order valence-corrected chi connectivity index (χ0v) is 20.9. The van der Waals surface area contributed by atoms with Crippen molar-refractivity contribution in [1.82, 2.24) is 34.3 Å². The highest BCUT2D eigenvalue weighted by Gasteiger charge is 2.28. The highest BCUT2D eigenvalue weighted by molar-refractivity contribution is 5.78. The van der Waals surface area contributed by atoms with Gasteiger partial charge in [0.1, 0.15) is 23.5 Å². The van der Waals surface area contributed by atoms with E-state index in [-0.39, 0.29) is 5.56 Å². The highest BCUT2D eigenvalue weighted by atomic mass is 19.1. The third-order valence-electron chi connectivity index (χ3n) is 6.96. The Labute approximate surface area is 217 Å². The van der Waals surface area contributed by atoms with Crippen LogP contribution < -0.4 is 10.6 Å². The van der Waals surface area contributed by atoms with Gasteiger partial charge in [-0.1, -0.05) is 12.1 Å². The summed E-state index contributed by atoms with van der Waals surface area (Å²) in [6.45, 7) is 3.02. The lowest BCUT2D eigenvalue weighted by atomic mass is 9.87. The third kappa shape index (κ3) is 4.20. The van der Waals surface area contributed by atoms with Crippen molar-refractivity contribution in [2.45, 2.75) is 18.9 Å². The maximum absolute atomic E-state index is 14.4. The molecule has 0 fully saturated rings. The number of halogens is 2. The maximum Gasteiger partial charge on any atom is 0.156 e. The molecule has 1 aliphatic rings. The predicted molar refractivity (Wildman–Crippen MR) is 139 cm³/mol. The van der Waals surface area contributed by atoms with Crippen LogP contribution in [0.15, 0.2) is 67.7 Å². The van der Waals surface area contributed by atoms with Gasteiger partial charge in [0.05, 0.1) is 11.7 Å². The zero-order valence-electron chi connectivity index (χ0n) is 20.9. The number of anilines is 1. The number of hydrogen-bond acceptors (Lipinski definition) is 7. The lowest BCUT2D eigenvalue weighted by Crippen LogP contribution is -2.35. The van der Waals surface area contributed by atoms with Crippen molar-refractivity contribution in [3.8, 4) is 11.1 Å². The van der Waals surface area contributed by atoms with Crippen molar-refractivity contribution in [3.63, 3.8) is 0 Å². The van der Waals surface area contributed by atoms with E-state index in [1.807, 2.05) is 30.2 Å². The molecule has 1 aliphatic heterocycles. The number of aryl methyl sites for hydroxylation is 1. The Bertz CT molecular complexity index is 1670. The molecule has 0 saturated heterocycles. The van der Waals surface area contributed by atoms with Crippen LogP contribution in [-0.2, 0) is 12.6 Å². The monoisotopic (exact) mass is 513 g/mol. The van der Waals surface area contributed by atoms with Crippen LogP contribution in [0.4, 0.5) is 14.6 Å². The summed E-state index contributed by atoms with van der Waals surface area (Å²) in [5.74, 6) is 0.0872. The minimum Gasteiger partial charge on any atom is -0.351 e. The van der Waals surface area contributed by atoms with Gasteiger partial charge in [-0.05, 0) is 31.1 Å². The summed E-state index contributed by atoms with van der Waals surface area (Å²) in [5.41, 5.74) is 9.89. The number of rotatable bonds is 5. The van der Waals surface area contributed by atoms with Gasteiger partial charge >= 0.3 is 0 Å². The minimum absolute atomic E-state index is 0.177. The second-order valence-corrected chi connectivity index (χ2v) is 9.59. The van der Waals surface area contributed by atoms with Crippen LogP contribution in [0, 0.1) is 11.6 Å². The van der Waals surface area contributed by atoms with Crippen LogP contribution in [0.25, 0.3) is 22.2 Å². The van der Waals surface area contributed by atoms with E-state index in [1.165, 1.54) is 12.1 Å². The van der Waals surface area contributed by atoms with E-state index in [4.69, 9.17) is 5.73 Å². The molecule has 1 unspecified atom stereocenters. The molecule has 0 aliphatic carbocycles. The molecule has 0 spiro atoms. The number of aromatic nitrogens is 7. The SMILES string of the molecule is Cn1cc(-c2cc3c(N4CC=C(c5ncc(C(C)(N)c6ccc(F)cc6F)cn5)CC4)ncnn3c2)cn1. The number of nitrogens with two attached hydrogens (primary N) is 1. The molecule has 1 aromatic carbocycles. The molecule has 5 heterocycles. The van der Waals surface area contributed by atoms with Gasteiger partial charge in [0, 0.05) is 73.2 Å². The lowest BCUT2D eigenvalue weighted by Gasteiger charge is -2.28. The molecule has 4 aromatic heterocycles. The van der Waals surface area contributed by atoms with Crippen LogP contribution >= 0.6 is 0 Å². The molecule has 2 N–H and O–H groups in total. The smallest absolute Gasteiger partial charge is 0.156 e.